The molecule has 0 aromatic heterocycles. The SMILES string of the molecule is CN1CCCCC(CNC(=O)NCC2CCN(C)C(=O)C2)C1. The molecular formula is C16H30N4O2. The highest BCUT2D eigenvalue weighted by atomic mass is 16.2. The Balaban J connectivity index is 1.62. The lowest BCUT2D eigenvalue weighted by Crippen LogP contribution is -2.44. The van der Waals surface area contributed by atoms with Gasteiger partial charge in [-0.1, -0.05) is 6.42 Å². The number of nitrogens with zero attached hydrogens (tertiary/aromatic N) is 2. The second-order valence-electron chi connectivity index (χ2n) is 6.89. The van der Waals surface area contributed by atoms with Crippen LogP contribution in [0.2, 0.25) is 0 Å². The summed E-state index contributed by atoms with van der Waals surface area (Å²) < 4.78 is 0. The van der Waals surface area contributed by atoms with Crippen LogP contribution in [0.5, 0.6) is 0 Å². The van der Waals surface area contributed by atoms with Crippen molar-refractivity contribution in [2.75, 3.05) is 46.8 Å². The number of carbonyl (C=O) groups excluding carboxylic acids is 2. The fourth-order valence-corrected chi connectivity index (χ4v) is 3.32. The quantitative estimate of drug-likeness (QED) is 0.810. The Morgan fingerprint density at radius 1 is 1.09 bits per heavy atom. The summed E-state index contributed by atoms with van der Waals surface area (Å²) in [5, 5.41) is 5.91. The Kier molecular flexibility index (Phi) is 6.49. The molecule has 22 heavy (non-hydrogen) atoms. The maximum Gasteiger partial charge on any atom is 0.314 e. The van der Waals surface area contributed by atoms with Crippen LogP contribution in [0.1, 0.15) is 32.1 Å². The van der Waals surface area contributed by atoms with E-state index in [0.717, 1.165) is 32.6 Å². The van der Waals surface area contributed by atoms with E-state index in [0.29, 0.717) is 18.9 Å². The molecule has 2 rings (SSSR count). The van der Waals surface area contributed by atoms with Gasteiger partial charge in [0, 0.05) is 39.6 Å². The molecule has 0 bridgehead atoms. The number of nitrogens with one attached hydrogen (secondary N) is 2. The highest BCUT2D eigenvalue weighted by Crippen LogP contribution is 2.16. The smallest absolute Gasteiger partial charge is 0.314 e. The number of likely N-dealkylation sites (tertiary alicyclic amines) is 2. The maximum absolute atomic E-state index is 11.9. The fraction of sp³-hybridized carbons (Fsp3) is 0.875. The van der Waals surface area contributed by atoms with Gasteiger partial charge in [-0.05, 0) is 44.7 Å². The number of hydrogen-bond donors (Lipinski definition) is 2. The first-order chi connectivity index (χ1) is 10.5. The minimum absolute atomic E-state index is 0.0988. The molecule has 2 aliphatic rings. The van der Waals surface area contributed by atoms with Gasteiger partial charge in [0.1, 0.15) is 0 Å². The van der Waals surface area contributed by atoms with Gasteiger partial charge in [-0.2, -0.15) is 0 Å². The van der Waals surface area contributed by atoms with Crippen LogP contribution in [0.15, 0.2) is 0 Å². The molecule has 2 aliphatic heterocycles. The predicted molar refractivity (Wildman–Crippen MR) is 86.6 cm³/mol. The Bertz CT molecular complexity index is 388. The average Bonchev–Trinajstić information content (AvgIpc) is 2.70. The van der Waals surface area contributed by atoms with Crippen LogP contribution < -0.4 is 10.6 Å². The molecule has 2 unspecified atom stereocenters. The van der Waals surface area contributed by atoms with Gasteiger partial charge in [0.05, 0.1) is 0 Å². The summed E-state index contributed by atoms with van der Waals surface area (Å²) in [6, 6.07) is -0.0988. The molecule has 126 valence electrons. The van der Waals surface area contributed by atoms with Gasteiger partial charge in [-0.15, -0.1) is 0 Å². The number of hydrogen-bond acceptors (Lipinski definition) is 3. The van der Waals surface area contributed by atoms with Crippen molar-refractivity contribution in [2.45, 2.75) is 32.1 Å². The molecule has 0 aromatic carbocycles. The van der Waals surface area contributed by atoms with E-state index >= 15 is 0 Å². The van der Waals surface area contributed by atoms with Crippen molar-refractivity contribution in [3.8, 4) is 0 Å². The number of amides is 3. The minimum atomic E-state index is -0.0988. The molecule has 6 nitrogen and oxygen atoms in total. The van der Waals surface area contributed by atoms with Crippen LogP contribution in [0.25, 0.3) is 0 Å². The molecule has 2 atom stereocenters. The highest BCUT2D eigenvalue weighted by Gasteiger charge is 2.23. The Labute approximate surface area is 133 Å². The number of rotatable bonds is 4. The first kappa shape index (κ1) is 17.1. The van der Waals surface area contributed by atoms with E-state index in [1.165, 1.54) is 19.3 Å². The molecule has 6 heteroatoms. The number of carbonyl (C=O) groups is 2. The fourth-order valence-electron chi connectivity index (χ4n) is 3.32. The molecule has 0 aromatic rings. The van der Waals surface area contributed by atoms with Gasteiger partial charge in [0.25, 0.3) is 0 Å². The molecule has 0 saturated carbocycles. The zero-order valence-electron chi connectivity index (χ0n) is 13.9. The van der Waals surface area contributed by atoms with E-state index in [-0.39, 0.29) is 17.9 Å². The summed E-state index contributed by atoms with van der Waals surface area (Å²) in [7, 11) is 3.98. The van der Waals surface area contributed by atoms with Crippen LogP contribution in [-0.2, 0) is 4.79 Å². The van der Waals surface area contributed by atoms with Gasteiger partial charge >= 0.3 is 6.03 Å². The van der Waals surface area contributed by atoms with Crippen LogP contribution in [0, 0.1) is 11.8 Å². The van der Waals surface area contributed by atoms with Gasteiger partial charge in [-0.3, -0.25) is 4.79 Å². The van der Waals surface area contributed by atoms with Gasteiger partial charge in [-0.25, -0.2) is 4.79 Å². The molecule has 0 spiro atoms. The normalized spacial score (nSPS) is 27.4. The summed E-state index contributed by atoms with van der Waals surface area (Å²) in [6.45, 7) is 4.34. The predicted octanol–water partition coefficient (Wildman–Crippen LogP) is 0.886. The Morgan fingerprint density at radius 2 is 1.82 bits per heavy atom. The van der Waals surface area contributed by atoms with Gasteiger partial charge in [0.2, 0.25) is 5.91 Å². The third-order valence-electron chi connectivity index (χ3n) is 4.84. The number of piperidine rings is 1. The largest absolute Gasteiger partial charge is 0.346 e. The molecule has 3 amide bonds. The van der Waals surface area contributed by atoms with Crippen molar-refractivity contribution in [3.05, 3.63) is 0 Å². The van der Waals surface area contributed by atoms with Crippen molar-refractivity contribution >= 4 is 11.9 Å². The van der Waals surface area contributed by atoms with E-state index < -0.39 is 0 Å². The summed E-state index contributed by atoms with van der Waals surface area (Å²) in [5.74, 6) is 1.00. The summed E-state index contributed by atoms with van der Waals surface area (Å²) >= 11 is 0. The first-order valence-corrected chi connectivity index (χ1v) is 8.49. The van der Waals surface area contributed by atoms with Crippen molar-refractivity contribution in [1.82, 2.24) is 20.4 Å². The van der Waals surface area contributed by atoms with Crippen molar-refractivity contribution in [2.24, 2.45) is 11.8 Å². The number of urea groups is 1. The monoisotopic (exact) mass is 310 g/mol. The summed E-state index contributed by atoms with van der Waals surface area (Å²) in [6.07, 6.45) is 5.20. The lowest BCUT2D eigenvalue weighted by atomic mass is 9.96. The third kappa shape index (κ3) is 5.48. The Hall–Kier alpha value is -1.30. The van der Waals surface area contributed by atoms with Crippen molar-refractivity contribution in [1.29, 1.82) is 0 Å². The average molecular weight is 310 g/mol. The zero-order chi connectivity index (χ0) is 15.9. The summed E-state index contributed by atoms with van der Waals surface area (Å²) in [5.41, 5.74) is 0. The lowest BCUT2D eigenvalue weighted by molar-refractivity contribution is -0.133. The molecule has 0 radical (unpaired) electrons. The zero-order valence-corrected chi connectivity index (χ0v) is 13.9. The maximum atomic E-state index is 11.9. The standard InChI is InChI=1S/C16H30N4O2/c1-19-7-4-3-5-14(12-19)11-18-16(22)17-10-13-6-8-20(2)15(21)9-13/h13-14H,3-12H2,1-2H3,(H2,17,18,22). The molecule has 2 fully saturated rings. The van der Waals surface area contributed by atoms with Gasteiger partial charge < -0.3 is 20.4 Å². The second-order valence-corrected chi connectivity index (χ2v) is 6.89. The van der Waals surface area contributed by atoms with E-state index in [2.05, 4.69) is 22.6 Å². The summed E-state index contributed by atoms with van der Waals surface area (Å²) in [4.78, 5) is 27.7. The van der Waals surface area contributed by atoms with Crippen LogP contribution in [-0.4, -0.2) is 68.6 Å². The molecular weight excluding hydrogens is 280 g/mol. The van der Waals surface area contributed by atoms with Crippen LogP contribution in [0.3, 0.4) is 0 Å². The van der Waals surface area contributed by atoms with Crippen LogP contribution >= 0.6 is 0 Å². The van der Waals surface area contributed by atoms with Crippen LogP contribution in [0.4, 0.5) is 4.79 Å². The van der Waals surface area contributed by atoms with E-state index in [4.69, 9.17) is 0 Å². The topological polar surface area (TPSA) is 64.7 Å². The van der Waals surface area contributed by atoms with Gasteiger partial charge in [0.15, 0.2) is 0 Å². The first-order valence-electron chi connectivity index (χ1n) is 8.49. The van der Waals surface area contributed by atoms with E-state index in [1.54, 1.807) is 4.90 Å². The third-order valence-corrected chi connectivity index (χ3v) is 4.84. The molecule has 2 heterocycles. The van der Waals surface area contributed by atoms with E-state index in [9.17, 15) is 9.59 Å². The Morgan fingerprint density at radius 3 is 2.55 bits per heavy atom. The minimum Gasteiger partial charge on any atom is -0.346 e. The molecule has 0 aliphatic carbocycles. The van der Waals surface area contributed by atoms with Crippen molar-refractivity contribution < 1.29 is 9.59 Å². The van der Waals surface area contributed by atoms with E-state index in [1.807, 2.05) is 7.05 Å². The molecule has 2 N–H and O–H groups in total. The second kappa shape index (κ2) is 8.36. The van der Waals surface area contributed by atoms with Crippen molar-refractivity contribution in [3.63, 3.8) is 0 Å². The molecule has 2 saturated heterocycles. The highest BCUT2D eigenvalue weighted by molar-refractivity contribution is 5.77. The lowest BCUT2D eigenvalue weighted by Gasteiger charge is -2.28.